The van der Waals surface area contributed by atoms with Crippen molar-refractivity contribution < 1.29 is 4.74 Å². The summed E-state index contributed by atoms with van der Waals surface area (Å²) in [5.41, 5.74) is 1.40. The van der Waals surface area contributed by atoms with Gasteiger partial charge in [0.1, 0.15) is 0 Å². The summed E-state index contributed by atoms with van der Waals surface area (Å²) in [5, 5.41) is 3.39. The molecule has 1 rings (SSSR count). The first-order valence-electron chi connectivity index (χ1n) is 5.01. The van der Waals surface area contributed by atoms with Gasteiger partial charge >= 0.3 is 0 Å². The minimum absolute atomic E-state index is 0.816. The average molecular weight is 181 g/mol. The van der Waals surface area contributed by atoms with Crippen LogP contribution in [0, 0.1) is 0 Å². The van der Waals surface area contributed by atoms with E-state index < -0.39 is 0 Å². The van der Waals surface area contributed by atoms with E-state index in [1.165, 1.54) is 5.57 Å². The SMILES string of the molecule is C/C=C/CCNCC1=CCCOC1. The third-order valence-corrected chi connectivity index (χ3v) is 2.06. The molecule has 0 radical (unpaired) electrons. The van der Waals surface area contributed by atoms with Gasteiger partial charge in [-0.2, -0.15) is 0 Å². The zero-order chi connectivity index (χ0) is 9.36. The van der Waals surface area contributed by atoms with E-state index in [-0.39, 0.29) is 0 Å². The second-order valence-electron chi connectivity index (χ2n) is 3.24. The van der Waals surface area contributed by atoms with E-state index in [1.807, 2.05) is 0 Å². The lowest BCUT2D eigenvalue weighted by molar-refractivity contribution is 0.149. The molecule has 0 aliphatic carbocycles. The van der Waals surface area contributed by atoms with Gasteiger partial charge in [-0.05, 0) is 31.9 Å². The maximum absolute atomic E-state index is 5.34. The smallest absolute Gasteiger partial charge is 0.0689 e. The fourth-order valence-corrected chi connectivity index (χ4v) is 1.33. The highest BCUT2D eigenvalue weighted by Crippen LogP contribution is 2.03. The van der Waals surface area contributed by atoms with Crippen LogP contribution in [-0.2, 0) is 4.74 Å². The van der Waals surface area contributed by atoms with E-state index in [0.29, 0.717) is 0 Å². The van der Waals surface area contributed by atoms with E-state index in [2.05, 4.69) is 30.5 Å². The van der Waals surface area contributed by atoms with Crippen molar-refractivity contribution in [1.29, 1.82) is 0 Å². The molecule has 0 aromatic carbocycles. The van der Waals surface area contributed by atoms with Crippen molar-refractivity contribution in [3.05, 3.63) is 23.8 Å². The van der Waals surface area contributed by atoms with Gasteiger partial charge in [-0.3, -0.25) is 0 Å². The van der Waals surface area contributed by atoms with Gasteiger partial charge in [-0.25, -0.2) is 0 Å². The number of hydrogen-bond acceptors (Lipinski definition) is 2. The molecule has 1 heterocycles. The maximum Gasteiger partial charge on any atom is 0.0689 e. The van der Waals surface area contributed by atoms with Crippen LogP contribution >= 0.6 is 0 Å². The Bertz CT molecular complexity index is 185. The second-order valence-corrected chi connectivity index (χ2v) is 3.24. The first-order chi connectivity index (χ1) is 6.43. The Morgan fingerprint density at radius 1 is 1.62 bits per heavy atom. The number of allylic oxidation sites excluding steroid dienone is 1. The Labute approximate surface area is 80.7 Å². The van der Waals surface area contributed by atoms with Gasteiger partial charge in [0.05, 0.1) is 13.2 Å². The van der Waals surface area contributed by atoms with Crippen LogP contribution in [0.2, 0.25) is 0 Å². The highest BCUT2D eigenvalue weighted by molar-refractivity contribution is 5.06. The fourth-order valence-electron chi connectivity index (χ4n) is 1.33. The number of ether oxygens (including phenoxy) is 1. The van der Waals surface area contributed by atoms with Crippen LogP contribution in [0.1, 0.15) is 19.8 Å². The molecule has 0 spiro atoms. The van der Waals surface area contributed by atoms with Crippen molar-refractivity contribution >= 4 is 0 Å². The van der Waals surface area contributed by atoms with Crippen molar-refractivity contribution in [2.75, 3.05) is 26.3 Å². The van der Waals surface area contributed by atoms with Crippen LogP contribution in [-0.4, -0.2) is 26.3 Å². The van der Waals surface area contributed by atoms with E-state index in [9.17, 15) is 0 Å². The topological polar surface area (TPSA) is 21.3 Å². The molecular formula is C11H19NO. The molecule has 2 heteroatoms. The molecule has 0 saturated heterocycles. The molecule has 1 N–H and O–H groups in total. The molecule has 13 heavy (non-hydrogen) atoms. The molecule has 1 aliphatic rings. The van der Waals surface area contributed by atoms with Crippen LogP contribution in [0.3, 0.4) is 0 Å². The Kier molecular flexibility index (Phi) is 5.54. The predicted octanol–water partition coefficient (Wildman–Crippen LogP) is 1.89. The van der Waals surface area contributed by atoms with Crippen molar-refractivity contribution in [3.8, 4) is 0 Å². The first kappa shape index (κ1) is 10.5. The Hall–Kier alpha value is -0.600. The Balaban J connectivity index is 2.01. The summed E-state index contributed by atoms with van der Waals surface area (Å²) in [6.45, 7) is 5.80. The molecule has 74 valence electrons. The van der Waals surface area contributed by atoms with Crippen molar-refractivity contribution in [2.24, 2.45) is 0 Å². The molecule has 0 unspecified atom stereocenters. The molecule has 0 bridgehead atoms. The molecule has 0 fully saturated rings. The number of hydrogen-bond donors (Lipinski definition) is 1. The van der Waals surface area contributed by atoms with Crippen LogP contribution in [0.5, 0.6) is 0 Å². The molecule has 0 saturated carbocycles. The van der Waals surface area contributed by atoms with Crippen LogP contribution < -0.4 is 5.32 Å². The monoisotopic (exact) mass is 181 g/mol. The molecule has 0 atom stereocenters. The minimum atomic E-state index is 0.816. The summed E-state index contributed by atoms with van der Waals surface area (Å²) in [4.78, 5) is 0. The van der Waals surface area contributed by atoms with E-state index in [1.54, 1.807) is 0 Å². The molecule has 0 amide bonds. The van der Waals surface area contributed by atoms with Crippen LogP contribution in [0.4, 0.5) is 0 Å². The fraction of sp³-hybridized carbons (Fsp3) is 0.636. The number of rotatable bonds is 5. The highest BCUT2D eigenvalue weighted by Gasteiger charge is 2.01. The van der Waals surface area contributed by atoms with Gasteiger partial charge in [0.15, 0.2) is 0 Å². The lowest BCUT2D eigenvalue weighted by Gasteiger charge is -2.13. The summed E-state index contributed by atoms with van der Waals surface area (Å²) in [6.07, 6.45) is 8.74. The van der Waals surface area contributed by atoms with Gasteiger partial charge in [0.25, 0.3) is 0 Å². The normalized spacial score (nSPS) is 17.8. The van der Waals surface area contributed by atoms with Crippen LogP contribution in [0.15, 0.2) is 23.8 Å². The first-order valence-corrected chi connectivity index (χ1v) is 5.01. The predicted molar refractivity (Wildman–Crippen MR) is 55.8 cm³/mol. The summed E-state index contributed by atoms with van der Waals surface area (Å²) in [7, 11) is 0. The second kappa shape index (κ2) is 6.87. The van der Waals surface area contributed by atoms with Crippen LogP contribution in [0.25, 0.3) is 0 Å². The van der Waals surface area contributed by atoms with Gasteiger partial charge in [-0.1, -0.05) is 18.2 Å². The Morgan fingerprint density at radius 2 is 2.54 bits per heavy atom. The Morgan fingerprint density at radius 3 is 3.23 bits per heavy atom. The molecule has 2 nitrogen and oxygen atoms in total. The largest absolute Gasteiger partial charge is 0.377 e. The number of nitrogens with one attached hydrogen (secondary N) is 1. The third kappa shape index (κ3) is 4.86. The summed E-state index contributed by atoms with van der Waals surface area (Å²) in [5.74, 6) is 0. The summed E-state index contributed by atoms with van der Waals surface area (Å²) >= 11 is 0. The molecule has 1 aliphatic heterocycles. The standard InChI is InChI=1S/C11H19NO/c1-2-3-4-7-12-9-11-6-5-8-13-10-11/h2-3,6,12H,4-5,7-10H2,1H3/b3-2+. The molecule has 0 aromatic rings. The molecule has 0 aromatic heterocycles. The van der Waals surface area contributed by atoms with Gasteiger partial charge in [-0.15, -0.1) is 0 Å². The lowest BCUT2D eigenvalue weighted by atomic mass is 10.2. The maximum atomic E-state index is 5.34. The van der Waals surface area contributed by atoms with E-state index in [4.69, 9.17) is 4.74 Å². The third-order valence-electron chi connectivity index (χ3n) is 2.06. The lowest BCUT2D eigenvalue weighted by Crippen LogP contribution is -2.21. The van der Waals surface area contributed by atoms with Gasteiger partial charge in [0, 0.05) is 6.54 Å². The zero-order valence-electron chi connectivity index (χ0n) is 8.38. The van der Waals surface area contributed by atoms with Crippen molar-refractivity contribution in [3.63, 3.8) is 0 Å². The highest BCUT2D eigenvalue weighted by atomic mass is 16.5. The van der Waals surface area contributed by atoms with Crippen molar-refractivity contribution in [2.45, 2.75) is 19.8 Å². The van der Waals surface area contributed by atoms with E-state index in [0.717, 1.165) is 39.1 Å². The van der Waals surface area contributed by atoms with E-state index >= 15 is 0 Å². The quantitative estimate of drug-likeness (QED) is 0.516. The summed E-state index contributed by atoms with van der Waals surface area (Å²) in [6, 6.07) is 0. The van der Waals surface area contributed by atoms with Gasteiger partial charge < -0.3 is 10.1 Å². The zero-order valence-corrected chi connectivity index (χ0v) is 8.38. The minimum Gasteiger partial charge on any atom is -0.377 e. The molecular weight excluding hydrogens is 162 g/mol. The van der Waals surface area contributed by atoms with Gasteiger partial charge in [0.2, 0.25) is 0 Å². The summed E-state index contributed by atoms with van der Waals surface area (Å²) < 4.78 is 5.34. The average Bonchev–Trinajstić information content (AvgIpc) is 2.19. The van der Waals surface area contributed by atoms with Crippen molar-refractivity contribution in [1.82, 2.24) is 5.32 Å².